The highest BCUT2D eigenvalue weighted by atomic mass is 16.3. The number of hydrogen-bond donors (Lipinski definition) is 1. The molecule has 0 aliphatic rings. The number of rotatable bonds is 1. The summed E-state index contributed by atoms with van der Waals surface area (Å²) in [6.07, 6.45) is 0. The summed E-state index contributed by atoms with van der Waals surface area (Å²) in [5.41, 5.74) is 8.19. The molecule has 0 saturated heterocycles. The van der Waals surface area contributed by atoms with E-state index >= 15 is 0 Å². The summed E-state index contributed by atoms with van der Waals surface area (Å²) in [6, 6.07) is 0. The molecule has 2 aromatic rings. The Bertz CT molecular complexity index is 514. The van der Waals surface area contributed by atoms with Gasteiger partial charge in [0.15, 0.2) is 0 Å². The Kier molecular flexibility index (Phi) is 2.14. The highest BCUT2D eigenvalue weighted by Gasteiger charge is 2.18. The molecule has 0 unspecified atom stereocenters. The Labute approximate surface area is 88.5 Å². The van der Waals surface area contributed by atoms with Gasteiger partial charge in [-0.2, -0.15) is 5.10 Å². The van der Waals surface area contributed by atoms with Gasteiger partial charge in [-0.25, -0.2) is 0 Å². The Hall–Kier alpha value is -1.58. The average molecular weight is 205 g/mol. The second-order valence-electron chi connectivity index (χ2n) is 4.10. The third-order valence-corrected chi connectivity index (χ3v) is 2.57. The van der Waals surface area contributed by atoms with Crippen LogP contribution in [0.4, 0.5) is 5.69 Å². The minimum Gasteiger partial charge on any atom is -0.463 e. The van der Waals surface area contributed by atoms with Crippen LogP contribution < -0.4 is 5.73 Å². The van der Waals surface area contributed by atoms with Crippen molar-refractivity contribution in [3.63, 3.8) is 0 Å². The molecule has 2 aromatic heterocycles. The van der Waals surface area contributed by atoms with Crippen LogP contribution in [0.15, 0.2) is 4.42 Å². The molecule has 0 aliphatic heterocycles. The molecule has 0 amide bonds. The molecule has 15 heavy (non-hydrogen) atoms. The molecular formula is C11H15N3O. The second-order valence-corrected chi connectivity index (χ2v) is 4.10. The van der Waals surface area contributed by atoms with Crippen LogP contribution in [0.25, 0.3) is 10.9 Å². The first-order chi connectivity index (χ1) is 7.02. The van der Waals surface area contributed by atoms with Crippen molar-refractivity contribution < 1.29 is 4.42 Å². The van der Waals surface area contributed by atoms with E-state index in [1.165, 1.54) is 0 Å². The quantitative estimate of drug-likeness (QED) is 0.777. The third-order valence-electron chi connectivity index (χ3n) is 2.57. The van der Waals surface area contributed by atoms with Gasteiger partial charge < -0.3 is 10.2 Å². The summed E-state index contributed by atoms with van der Waals surface area (Å²) < 4.78 is 5.68. The number of hydrogen-bond acceptors (Lipinski definition) is 4. The van der Waals surface area contributed by atoms with Crippen LogP contribution in [0.5, 0.6) is 0 Å². The van der Waals surface area contributed by atoms with Gasteiger partial charge >= 0.3 is 0 Å². The number of aryl methyl sites for hydroxylation is 2. The lowest BCUT2D eigenvalue weighted by molar-refractivity contribution is 0.468. The van der Waals surface area contributed by atoms with Gasteiger partial charge in [-0.3, -0.25) is 0 Å². The van der Waals surface area contributed by atoms with Crippen LogP contribution in [0.1, 0.15) is 37.0 Å². The normalized spacial score (nSPS) is 11.5. The molecule has 0 aromatic carbocycles. The van der Waals surface area contributed by atoms with Crippen molar-refractivity contribution >= 4 is 16.6 Å². The lowest BCUT2D eigenvalue weighted by atomic mass is 10.1. The molecule has 0 saturated carbocycles. The zero-order valence-corrected chi connectivity index (χ0v) is 9.46. The SMILES string of the molecule is Cc1nnc2c(C(C)C)oc(C)c2c1N. The Morgan fingerprint density at radius 1 is 1.20 bits per heavy atom. The van der Waals surface area contributed by atoms with E-state index in [1.807, 2.05) is 13.8 Å². The monoisotopic (exact) mass is 205 g/mol. The molecule has 2 heterocycles. The largest absolute Gasteiger partial charge is 0.463 e. The number of aromatic nitrogens is 2. The summed E-state index contributed by atoms with van der Waals surface area (Å²) in [5, 5.41) is 9.10. The Morgan fingerprint density at radius 2 is 1.87 bits per heavy atom. The lowest BCUT2D eigenvalue weighted by Gasteiger charge is -2.01. The summed E-state index contributed by atoms with van der Waals surface area (Å²) in [6.45, 7) is 7.89. The molecule has 0 atom stereocenters. The number of anilines is 1. The summed E-state index contributed by atoms with van der Waals surface area (Å²) in [5.74, 6) is 1.98. The van der Waals surface area contributed by atoms with Crippen LogP contribution in [0, 0.1) is 13.8 Å². The molecule has 0 radical (unpaired) electrons. The first-order valence-corrected chi connectivity index (χ1v) is 5.04. The van der Waals surface area contributed by atoms with Gasteiger partial charge in [-0.15, -0.1) is 5.10 Å². The van der Waals surface area contributed by atoms with Crippen molar-refractivity contribution in [2.24, 2.45) is 0 Å². The smallest absolute Gasteiger partial charge is 0.137 e. The lowest BCUT2D eigenvalue weighted by Crippen LogP contribution is -1.97. The maximum atomic E-state index is 5.97. The van der Waals surface area contributed by atoms with Gasteiger partial charge in [0.25, 0.3) is 0 Å². The van der Waals surface area contributed by atoms with Gasteiger partial charge in [-0.05, 0) is 13.8 Å². The van der Waals surface area contributed by atoms with Crippen LogP contribution >= 0.6 is 0 Å². The van der Waals surface area contributed by atoms with E-state index in [9.17, 15) is 0 Å². The first-order valence-electron chi connectivity index (χ1n) is 5.04. The summed E-state index contributed by atoms with van der Waals surface area (Å²) in [4.78, 5) is 0. The maximum absolute atomic E-state index is 5.97. The first kappa shape index (κ1) is 9.96. The van der Waals surface area contributed by atoms with Crippen molar-refractivity contribution in [2.75, 3.05) is 5.73 Å². The average Bonchev–Trinajstić information content (AvgIpc) is 2.50. The molecule has 0 spiro atoms. The number of furan rings is 1. The van der Waals surface area contributed by atoms with Gasteiger partial charge in [0.2, 0.25) is 0 Å². The van der Waals surface area contributed by atoms with E-state index < -0.39 is 0 Å². The van der Waals surface area contributed by atoms with Gasteiger partial charge in [0.05, 0.1) is 16.8 Å². The van der Waals surface area contributed by atoms with Gasteiger partial charge in [0.1, 0.15) is 17.0 Å². The number of fused-ring (bicyclic) bond motifs is 1. The highest BCUT2D eigenvalue weighted by Crippen LogP contribution is 2.32. The third kappa shape index (κ3) is 1.37. The highest BCUT2D eigenvalue weighted by molar-refractivity contribution is 5.94. The van der Waals surface area contributed by atoms with Crippen molar-refractivity contribution in [1.82, 2.24) is 10.2 Å². The summed E-state index contributed by atoms with van der Waals surface area (Å²) >= 11 is 0. The van der Waals surface area contributed by atoms with Crippen LogP contribution in [0.2, 0.25) is 0 Å². The van der Waals surface area contributed by atoms with E-state index in [-0.39, 0.29) is 5.92 Å². The van der Waals surface area contributed by atoms with E-state index in [1.54, 1.807) is 0 Å². The number of nitrogens with two attached hydrogens (primary N) is 1. The van der Waals surface area contributed by atoms with Crippen molar-refractivity contribution in [2.45, 2.75) is 33.6 Å². The fraction of sp³-hybridized carbons (Fsp3) is 0.455. The number of nitrogen functional groups attached to an aromatic ring is 1. The van der Waals surface area contributed by atoms with Crippen molar-refractivity contribution in [1.29, 1.82) is 0 Å². The molecule has 2 rings (SSSR count). The van der Waals surface area contributed by atoms with E-state index in [2.05, 4.69) is 24.0 Å². The van der Waals surface area contributed by atoms with E-state index in [4.69, 9.17) is 10.2 Å². The Morgan fingerprint density at radius 3 is 2.47 bits per heavy atom. The zero-order valence-electron chi connectivity index (χ0n) is 9.46. The molecule has 0 bridgehead atoms. The minimum absolute atomic E-state index is 0.289. The van der Waals surface area contributed by atoms with Crippen molar-refractivity contribution in [3.8, 4) is 0 Å². The number of nitrogens with zero attached hydrogens (tertiary/aromatic N) is 2. The summed E-state index contributed by atoms with van der Waals surface area (Å²) in [7, 11) is 0. The van der Waals surface area contributed by atoms with Crippen LogP contribution in [-0.4, -0.2) is 10.2 Å². The fourth-order valence-electron chi connectivity index (χ4n) is 1.72. The predicted octanol–water partition coefficient (Wildman–Crippen LogP) is 2.55. The van der Waals surface area contributed by atoms with Crippen molar-refractivity contribution in [3.05, 3.63) is 17.2 Å². The van der Waals surface area contributed by atoms with E-state index in [0.717, 1.165) is 28.1 Å². The van der Waals surface area contributed by atoms with Crippen LogP contribution in [0.3, 0.4) is 0 Å². The standard InChI is InChI=1S/C11H15N3O/c1-5(2)11-10-8(7(4)15-11)9(12)6(3)13-14-10/h5H,12H2,1-4H3. The predicted molar refractivity (Wildman–Crippen MR) is 59.8 cm³/mol. The second kappa shape index (κ2) is 3.22. The molecule has 4 nitrogen and oxygen atoms in total. The zero-order chi connectivity index (χ0) is 11.2. The topological polar surface area (TPSA) is 64.9 Å². The van der Waals surface area contributed by atoms with Gasteiger partial charge in [-0.1, -0.05) is 13.8 Å². The Balaban J connectivity index is 2.86. The minimum atomic E-state index is 0.289. The molecular weight excluding hydrogens is 190 g/mol. The van der Waals surface area contributed by atoms with Crippen LogP contribution in [-0.2, 0) is 0 Å². The maximum Gasteiger partial charge on any atom is 0.137 e. The molecule has 0 fully saturated rings. The molecule has 4 heteroatoms. The molecule has 80 valence electrons. The van der Waals surface area contributed by atoms with E-state index in [0.29, 0.717) is 5.69 Å². The molecule has 0 aliphatic carbocycles. The fourth-order valence-corrected chi connectivity index (χ4v) is 1.72. The molecule has 2 N–H and O–H groups in total. The van der Waals surface area contributed by atoms with Gasteiger partial charge in [0, 0.05) is 5.92 Å².